The Morgan fingerprint density at radius 1 is 1.08 bits per heavy atom. The molecule has 2 aromatic carbocycles. The molecule has 26 heavy (non-hydrogen) atoms. The van der Waals surface area contributed by atoms with Crippen molar-refractivity contribution < 1.29 is 19.0 Å². The van der Waals surface area contributed by atoms with Crippen LogP contribution in [0.3, 0.4) is 0 Å². The molecule has 0 atom stereocenters. The monoisotopic (exact) mass is 351 g/mol. The van der Waals surface area contributed by atoms with Crippen LogP contribution in [0.25, 0.3) is 10.9 Å². The van der Waals surface area contributed by atoms with E-state index in [1.165, 1.54) is 0 Å². The van der Waals surface area contributed by atoms with E-state index in [1.54, 1.807) is 20.1 Å². The molecule has 0 spiro atoms. The summed E-state index contributed by atoms with van der Waals surface area (Å²) >= 11 is 0. The summed E-state index contributed by atoms with van der Waals surface area (Å²) in [7, 11) is 1.57. The van der Waals surface area contributed by atoms with E-state index in [0.29, 0.717) is 29.2 Å². The van der Waals surface area contributed by atoms with Gasteiger partial charge in [-0.25, -0.2) is 9.78 Å². The zero-order chi connectivity index (χ0) is 18.5. The molecule has 0 N–H and O–H groups in total. The van der Waals surface area contributed by atoms with Crippen molar-refractivity contribution in [2.75, 3.05) is 13.7 Å². The third kappa shape index (κ3) is 3.47. The van der Waals surface area contributed by atoms with Gasteiger partial charge in [-0.1, -0.05) is 36.4 Å². The molecule has 3 aromatic rings. The van der Waals surface area contributed by atoms with Crippen LogP contribution in [-0.4, -0.2) is 24.7 Å². The van der Waals surface area contributed by atoms with Gasteiger partial charge in [0, 0.05) is 10.9 Å². The highest BCUT2D eigenvalue weighted by Gasteiger charge is 2.21. The lowest BCUT2D eigenvalue weighted by atomic mass is 10.1. The SMILES string of the molecule is CCOC(=O)c1nc2c(OC)cccc2c(OCc2ccccc2)c1C. The number of aromatic nitrogens is 1. The standard InChI is InChI=1S/C21H21NO4/c1-4-25-21(23)18-14(2)20(26-13-15-9-6-5-7-10-15)16-11-8-12-17(24-3)19(16)22-18/h5-12H,4,13H2,1-3H3. The maximum absolute atomic E-state index is 12.4. The number of methoxy groups -OCH3 is 1. The third-order valence-electron chi connectivity index (χ3n) is 4.08. The van der Waals surface area contributed by atoms with Gasteiger partial charge in [-0.3, -0.25) is 0 Å². The van der Waals surface area contributed by atoms with Crippen LogP contribution in [0.2, 0.25) is 0 Å². The van der Waals surface area contributed by atoms with Crippen LogP contribution in [0.5, 0.6) is 11.5 Å². The van der Waals surface area contributed by atoms with Crippen molar-refractivity contribution in [1.29, 1.82) is 0 Å². The summed E-state index contributed by atoms with van der Waals surface area (Å²) in [6.45, 7) is 4.25. The molecule has 0 aliphatic rings. The number of hydrogen-bond donors (Lipinski definition) is 0. The van der Waals surface area contributed by atoms with E-state index >= 15 is 0 Å². The van der Waals surface area contributed by atoms with Crippen LogP contribution in [-0.2, 0) is 11.3 Å². The summed E-state index contributed by atoms with van der Waals surface area (Å²) in [6.07, 6.45) is 0. The molecule has 3 rings (SSSR count). The Labute approximate surface area is 152 Å². The number of nitrogens with zero attached hydrogens (tertiary/aromatic N) is 1. The quantitative estimate of drug-likeness (QED) is 0.620. The van der Waals surface area contributed by atoms with Gasteiger partial charge < -0.3 is 14.2 Å². The molecule has 5 nitrogen and oxygen atoms in total. The number of ether oxygens (including phenoxy) is 3. The van der Waals surface area contributed by atoms with Gasteiger partial charge in [-0.2, -0.15) is 0 Å². The molecule has 0 saturated heterocycles. The molecular weight excluding hydrogens is 330 g/mol. The van der Waals surface area contributed by atoms with Gasteiger partial charge in [-0.05, 0) is 31.5 Å². The first-order valence-corrected chi connectivity index (χ1v) is 8.46. The van der Waals surface area contributed by atoms with Crippen molar-refractivity contribution in [2.24, 2.45) is 0 Å². The van der Waals surface area contributed by atoms with Gasteiger partial charge in [0.1, 0.15) is 23.6 Å². The number of rotatable bonds is 6. The zero-order valence-electron chi connectivity index (χ0n) is 15.1. The molecule has 0 saturated carbocycles. The highest BCUT2D eigenvalue weighted by molar-refractivity contribution is 5.98. The number of esters is 1. The topological polar surface area (TPSA) is 57.7 Å². The van der Waals surface area contributed by atoms with E-state index in [4.69, 9.17) is 14.2 Å². The highest BCUT2D eigenvalue weighted by atomic mass is 16.5. The number of hydrogen-bond acceptors (Lipinski definition) is 5. The second-order valence-corrected chi connectivity index (χ2v) is 5.77. The molecule has 0 amide bonds. The summed E-state index contributed by atoms with van der Waals surface area (Å²) in [5, 5.41) is 0.797. The molecule has 0 aliphatic carbocycles. The first-order valence-electron chi connectivity index (χ1n) is 8.46. The van der Waals surface area contributed by atoms with E-state index in [9.17, 15) is 4.79 Å². The van der Waals surface area contributed by atoms with Crippen molar-refractivity contribution in [3.63, 3.8) is 0 Å². The zero-order valence-corrected chi connectivity index (χ0v) is 15.1. The predicted molar refractivity (Wildman–Crippen MR) is 99.8 cm³/mol. The minimum absolute atomic E-state index is 0.243. The maximum Gasteiger partial charge on any atom is 0.357 e. The lowest BCUT2D eigenvalue weighted by Crippen LogP contribution is -2.11. The average molecular weight is 351 g/mol. The van der Waals surface area contributed by atoms with E-state index in [2.05, 4.69) is 4.98 Å². The third-order valence-corrected chi connectivity index (χ3v) is 4.08. The second kappa shape index (κ2) is 7.87. The molecule has 134 valence electrons. The lowest BCUT2D eigenvalue weighted by molar-refractivity contribution is 0.0518. The number of carbonyl (C=O) groups excluding carboxylic acids is 1. The molecule has 5 heteroatoms. The Kier molecular flexibility index (Phi) is 5.37. The van der Waals surface area contributed by atoms with Gasteiger partial charge in [-0.15, -0.1) is 0 Å². The normalized spacial score (nSPS) is 10.6. The Balaban J connectivity index is 2.11. The number of pyridine rings is 1. The molecule has 0 aliphatic heterocycles. The minimum Gasteiger partial charge on any atom is -0.494 e. The Morgan fingerprint density at radius 3 is 2.54 bits per heavy atom. The van der Waals surface area contributed by atoms with Crippen LogP contribution in [0, 0.1) is 6.92 Å². The van der Waals surface area contributed by atoms with Crippen molar-refractivity contribution in [3.05, 3.63) is 65.4 Å². The summed E-state index contributed by atoms with van der Waals surface area (Å²) < 4.78 is 16.7. The Hall–Kier alpha value is -3.08. The number of carbonyl (C=O) groups is 1. The molecule has 0 fully saturated rings. The first kappa shape index (κ1) is 17.7. The van der Waals surface area contributed by atoms with E-state index < -0.39 is 5.97 Å². The highest BCUT2D eigenvalue weighted by Crippen LogP contribution is 2.35. The fraction of sp³-hybridized carbons (Fsp3) is 0.238. The van der Waals surface area contributed by atoms with Gasteiger partial charge >= 0.3 is 5.97 Å². The number of para-hydroxylation sites is 1. The van der Waals surface area contributed by atoms with Crippen LogP contribution in [0.1, 0.15) is 28.5 Å². The molecule has 1 heterocycles. The molecular formula is C21H21NO4. The van der Waals surface area contributed by atoms with Gasteiger partial charge in [0.15, 0.2) is 5.69 Å². The first-order chi connectivity index (χ1) is 12.7. The van der Waals surface area contributed by atoms with E-state index in [0.717, 1.165) is 10.9 Å². The largest absolute Gasteiger partial charge is 0.494 e. The smallest absolute Gasteiger partial charge is 0.357 e. The average Bonchev–Trinajstić information content (AvgIpc) is 2.67. The molecule has 1 aromatic heterocycles. The van der Waals surface area contributed by atoms with E-state index in [-0.39, 0.29) is 12.3 Å². The van der Waals surface area contributed by atoms with Gasteiger partial charge in [0.05, 0.1) is 13.7 Å². The van der Waals surface area contributed by atoms with Crippen LogP contribution >= 0.6 is 0 Å². The fourth-order valence-corrected chi connectivity index (χ4v) is 2.80. The van der Waals surface area contributed by atoms with Crippen molar-refractivity contribution in [2.45, 2.75) is 20.5 Å². The Bertz CT molecular complexity index is 922. The number of benzene rings is 2. The summed E-state index contributed by atoms with van der Waals surface area (Å²) in [6, 6.07) is 15.5. The van der Waals surface area contributed by atoms with Crippen LogP contribution < -0.4 is 9.47 Å². The molecule has 0 bridgehead atoms. The minimum atomic E-state index is -0.470. The Morgan fingerprint density at radius 2 is 1.85 bits per heavy atom. The van der Waals surface area contributed by atoms with Gasteiger partial charge in [0.25, 0.3) is 0 Å². The maximum atomic E-state index is 12.4. The van der Waals surface area contributed by atoms with Crippen LogP contribution in [0.15, 0.2) is 48.5 Å². The van der Waals surface area contributed by atoms with E-state index in [1.807, 2.05) is 49.4 Å². The van der Waals surface area contributed by atoms with Gasteiger partial charge in [0.2, 0.25) is 0 Å². The van der Waals surface area contributed by atoms with Crippen LogP contribution in [0.4, 0.5) is 0 Å². The lowest BCUT2D eigenvalue weighted by Gasteiger charge is -2.16. The summed E-state index contributed by atoms with van der Waals surface area (Å²) in [4.78, 5) is 16.9. The fourth-order valence-electron chi connectivity index (χ4n) is 2.80. The molecule has 0 unspecified atom stereocenters. The van der Waals surface area contributed by atoms with Crippen molar-refractivity contribution in [1.82, 2.24) is 4.98 Å². The predicted octanol–water partition coefficient (Wildman–Crippen LogP) is 4.31. The molecule has 0 radical (unpaired) electrons. The number of fused-ring (bicyclic) bond motifs is 1. The van der Waals surface area contributed by atoms with Crippen molar-refractivity contribution >= 4 is 16.9 Å². The summed E-state index contributed by atoms with van der Waals surface area (Å²) in [5.74, 6) is 0.723. The summed E-state index contributed by atoms with van der Waals surface area (Å²) in [5.41, 5.74) is 2.51. The second-order valence-electron chi connectivity index (χ2n) is 5.77. The van der Waals surface area contributed by atoms with Crippen molar-refractivity contribution in [3.8, 4) is 11.5 Å².